The summed E-state index contributed by atoms with van der Waals surface area (Å²) in [6, 6.07) is 8.51. The molecule has 168 valence electrons. The number of rotatable bonds is 4. The molecule has 1 aromatic heterocycles. The molecule has 0 spiro atoms. The molecule has 1 unspecified atom stereocenters. The molecule has 1 aliphatic heterocycles. The Morgan fingerprint density at radius 3 is 2.41 bits per heavy atom. The first-order chi connectivity index (χ1) is 15.0. The smallest absolute Gasteiger partial charge is 0.265 e. The van der Waals surface area contributed by atoms with E-state index in [-0.39, 0.29) is 27.9 Å². The molecule has 0 saturated carbocycles. The molecule has 1 N–H and O–H groups in total. The lowest BCUT2D eigenvalue weighted by atomic mass is 9.91. The standard InChI is InChI=1S/C19H13BrCl2F3N5O2/c1-29-17(31)30(28-27-29)9-11-3-2-10(4-15(11)20)16-8-18(32-26-16,19(23,24)25)12-5-13(21)7-14(22)6-12/h2-8,26H,9H2,1H3. The van der Waals surface area contributed by atoms with Gasteiger partial charge < -0.3 is 0 Å². The van der Waals surface area contributed by atoms with Gasteiger partial charge in [0.25, 0.3) is 0 Å². The Kier molecular flexibility index (Phi) is 5.86. The van der Waals surface area contributed by atoms with Crippen LogP contribution in [0.25, 0.3) is 5.70 Å². The Morgan fingerprint density at radius 1 is 1.16 bits per heavy atom. The topological polar surface area (TPSA) is 74.0 Å². The second kappa shape index (κ2) is 8.22. The van der Waals surface area contributed by atoms with Crippen molar-refractivity contribution in [1.29, 1.82) is 0 Å². The number of aryl methyl sites for hydroxylation is 1. The SMILES string of the molecule is Cn1nnn(Cc2ccc(C3=CC(c4cc(Cl)cc(Cl)c4)(C(F)(F)F)ON3)cc2Br)c1=O. The summed E-state index contributed by atoms with van der Waals surface area (Å²) < 4.78 is 45.2. The number of nitrogens with zero attached hydrogens (tertiary/aromatic N) is 4. The van der Waals surface area contributed by atoms with Crippen molar-refractivity contribution in [3.8, 4) is 0 Å². The van der Waals surface area contributed by atoms with E-state index in [0.29, 0.717) is 15.6 Å². The fourth-order valence-electron chi connectivity index (χ4n) is 3.21. The number of alkyl halides is 3. The average Bonchev–Trinajstić information content (AvgIpc) is 3.29. The summed E-state index contributed by atoms with van der Waals surface area (Å²) in [4.78, 5) is 17.0. The molecule has 2 heterocycles. The molecule has 4 rings (SSSR count). The van der Waals surface area contributed by atoms with Gasteiger partial charge in [-0.3, -0.25) is 10.3 Å². The van der Waals surface area contributed by atoms with Crippen molar-refractivity contribution >= 4 is 44.8 Å². The Morgan fingerprint density at radius 2 is 1.84 bits per heavy atom. The minimum Gasteiger partial charge on any atom is -0.265 e. The summed E-state index contributed by atoms with van der Waals surface area (Å²) in [5.41, 5.74) is 0.129. The third-order valence-electron chi connectivity index (χ3n) is 4.85. The average molecular weight is 551 g/mol. The third-order valence-corrected chi connectivity index (χ3v) is 6.02. The third kappa shape index (κ3) is 4.05. The monoisotopic (exact) mass is 549 g/mol. The molecule has 0 bridgehead atoms. The van der Waals surface area contributed by atoms with E-state index in [1.165, 1.54) is 13.1 Å². The number of hydrogen-bond donors (Lipinski definition) is 1. The molecule has 1 aliphatic rings. The van der Waals surface area contributed by atoms with Crippen molar-refractivity contribution < 1.29 is 18.0 Å². The summed E-state index contributed by atoms with van der Waals surface area (Å²) in [5, 5.41) is 7.49. The Hall–Kier alpha value is -2.34. The minimum atomic E-state index is -4.81. The van der Waals surface area contributed by atoms with Crippen molar-refractivity contribution in [3.63, 3.8) is 0 Å². The fourth-order valence-corrected chi connectivity index (χ4v) is 4.24. The van der Waals surface area contributed by atoms with E-state index in [1.807, 2.05) is 0 Å². The highest BCUT2D eigenvalue weighted by molar-refractivity contribution is 9.10. The maximum atomic E-state index is 14.1. The van der Waals surface area contributed by atoms with Gasteiger partial charge in [-0.05, 0) is 46.3 Å². The molecule has 7 nitrogen and oxygen atoms in total. The van der Waals surface area contributed by atoms with Gasteiger partial charge in [0, 0.05) is 32.7 Å². The molecular formula is C19H13BrCl2F3N5O2. The van der Waals surface area contributed by atoms with Crippen LogP contribution in [0.15, 0.2) is 51.7 Å². The van der Waals surface area contributed by atoms with Crippen LogP contribution in [0.2, 0.25) is 10.0 Å². The van der Waals surface area contributed by atoms with Gasteiger partial charge in [-0.1, -0.05) is 51.3 Å². The first kappa shape index (κ1) is 22.8. The van der Waals surface area contributed by atoms with Gasteiger partial charge in [-0.15, -0.1) is 0 Å². The summed E-state index contributed by atoms with van der Waals surface area (Å²) >= 11 is 15.2. The van der Waals surface area contributed by atoms with E-state index < -0.39 is 17.5 Å². The van der Waals surface area contributed by atoms with Crippen molar-refractivity contribution in [2.75, 3.05) is 0 Å². The van der Waals surface area contributed by atoms with Crippen molar-refractivity contribution in [3.05, 3.63) is 84.2 Å². The molecule has 0 amide bonds. The maximum Gasteiger partial charge on any atom is 0.428 e. The highest BCUT2D eigenvalue weighted by Crippen LogP contribution is 2.48. The lowest BCUT2D eigenvalue weighted by Gasteiger charge is -2.28. The van der Waals surface area contributed by atoms with Crippen molar-refractivity contribution in [1.82, 2.24) is 25.3 Å². The van der Waals surface area contributed by atoms with Crippen LogP contribution in [0.1, 0.15) is 16.7 Å². The van der Waals surface area contributed by atoms with Crippen molar-refractivity contribution in [2.45, 2.75) is 18.3 Å². The summed E-state index contributed by atoms with van der Waals surface area (Å²) in [6.45, 7) is 0.129. The van der Waals surface area contributed by atoms with Gasteiger partial charge in [0.15, 0.2) is 0 Å². The molecule has 0 aliphatic carbocycles. The van der Waals surface area contributed by atoms with Crippen LogP contribution in [-0.2, 0) is 24.0 Å². The predicted octanol–water partition coefficient (Wildman–Crippen LogP) is 4.43. The highest BCUT2D eigenvalue weighted by Gasteiger charge is 2.59. The number of tetrazole rings is 1. The second-order valence-corrected chi connectivity index (χ2v) is 8.73. The van der Waals surface area contributed by atoms with Gasteiger partial charge in [0.05, 0.1) is 12.2 Å². The number of hydroxylamine groups is 1. The van der Waals surface area contributed by atoms with E-state index in [0.717, 1.165) is 27.6 Å². The molecule has 0 fully saturated rings. The molecule has 1 atom stereocenters. The normalized spacial score (nSPS) is 18.5. The Balaban J connectivity index is 1.71. The van der Waals surface area contributed by atoms with E-state index in [4.69, 9.17) is 28.0 Å². The van der Waals surface area contributed by atoms with Crippen LogP contribution in [0, 0.1) is 0 Å². The minimum absolute atomic E-state index is 0.0490. The first-order valence-corrected chi connectivity index (χ1v) is 10.5. The fraction of sp³-hybridized carbons (Fsp3) is 0.211. The van der Waals surface area contributed by atoms with Crippen LogP contribution >= 0.6 is 39.1 Å². The van der Waals surface area contributed by atoms with Crippen LogP contribution < -0.4 is 11.2 Å². The molecule has 32 heavy (non-hydrogen) atoms. The van der Waals surface area contributed by atoms with E-state index >= 15 is 0 Å². The lowest BCUT2D eigenvalue weighted by Crippen LogP contribution is -2.42. The predicted molar refractivity (Wildman–Crippen MR) is 115 cm³/mol. The zero-order valence-electron chi connectivity index (χ0n) is 16.1. The Labute approximate surface area is 197 Å². The summed E-state index contributed by atoms with van der Waals surface area (Å²) in [6.07, 6.45) is -3.87. The van der Waals surface area contributed by atoms with Gasteiger partial charge in [-0.25, -0.2) is 4.79 Å². The number of hydrogen-bond acceptors (Lipinski definition) is 5. The van der Waals surface area contributed by atoms with E-state index in [2.05, 4.69) is 31.8 Å². The van der Waals surface area contributed by atoms with Crippen LogP contribution in [-0.4, -0.2) is 26.0 Å². The largest absolute Gasteiger partial charge is 0.428 e. The van der Waals surface area contributed by atoms with Gasteiger partial charge >= 0.3 is 11.9 Å². The number of halogens is 6. The molecular weight excluding hydrogens is 538 g/mol. The van der Waals surface area contributed by atoms with Crippen LogP contribution in [0.5, 0.6) is 0 Å². The zero-order valence-corrected chi connectivity index (χ0v) is 19.2. The molecule has 2 aromatic carbocycles. The zero-order chi connectivity index (χ0) is 23.3. The van der Waals surface area contributed by atoms with Crippen molar-refractivity contribution in [2.24, 2.45) is 7.05 Å². The molecule has 0 radical (unpaired) electrons. The first-order valence-electron chi connectivity index (χ1n) is 8.96. The summed E-state index contributed by atoms with van der Waals surface area (Å²) in [7, 11) is 1.47. The number of nitrogens with one attached hydrogen (secondary N) is 1. The lowest BCUT2D eigenvalue weighted by molar-refractivity contribution is -0.269. The van der Waals surface area contributed by atoms with Crippen LogP contribution in [0.3, 0.4) is 0 Å². The molecule has 0 saturated heterocycles. The van der Waals surface area contributed by atoms with Gasteiger partial charge in [0.1, 0.15) is 0 Å². The molecule has 13 heteroatoms. The van der Waals surface area contributed by atoms with Crippen LogP contribution in [0.4, 0.5) is 13.2 Å². The van der Waals surface area contributed by atoms with E-state index in [9.17, 15) is 18.0 Å². The second-order valence-electron chi connectivity index (χ2n) is 7.00. The van der Waals surface area contributed by atoms with Gasteiger partial charge in [0.2, 0.25) is 5.60 Å². The Bertz CT molecular complexity index is 1270. The summed E-state index contributed by atoms with van der Waals surface area (Å²) in [5.74, 6) is 0. The highest BCUT2D eigenvalue weighted by atomic mass is 79.9. The molecule has 3 aromatic rings. The van der Waals surface area contributed by atoms with Gasteiger partial charge in [-0.2, -0.15) is 22.5 Å². The maximum absolute atomic E-state index is 14.1. The number of aromatic nitrogens is 4. The number of benzene rings is 2. The quantitative estimate of drug-likeness (QED) is 0.520. The van der Waals surface area contributed by atoms with E-state index in [1.54, 1.807) is 18.2 Å².